The molecule has 0 amide bonds. The lowest BCUT2D eigenvalue weighted by Crippen LogP contribution is -1.82. The van der Waals surface area contributed by atoms with E-state index >= 15 is 0 Å². The summed E-state index contributed by atoms with van der Waals surface area (Å²) in [4.78, 5) is 9.25. The van der Waals surface area contributed by atoms with Gasteiger partial charge in [0.05, 0.1) is 0 Å². The Balaban J connectivity index is 0. The van der Waals surface area contributed by atoms with Crippen molar-refractivity contribution >= 4 is 22.3 Å². The van der Waals surface area contributed by atoms with Gasteiger partial charge in [0.25, 0.3) is 0 Å². The first kappa shape index (κ1) is 11.5. The minimum absolute atomic E-state index is 0.833. The van der Waals surface area contributed by atoms with Gasteiger partial charge in [0, 0.05) is 6.08 Å². The van der Waals surface area contributed by atoms with Crippen LogP contribution in [0.1, 0.15) is 13.3 Å². The SMILES string of the molecule is C=CC(=O)O.CC[CH2][AlH2]. The maximum absolute atomic E-state index is 9.25. The van der Waals surface area contributed by atoms with Crippen LogP contribution in [0, 0.1) is 0 Å². The molecule has 52 valence electrons. The molecule has 0 rings (SSSR count). The van der Waals surface area contributed by atoms with E-state index in [9.17, 15) is 4.79 Å². The van der Waals surface area contributed by atoms with Crippen LogP contribution in [0.2, 0.25) is 5.28 Å². The molecule has 0 bridgehead atoms. The van der Waals surface area contributed by atoms with Crippen LogP contribution in [0.4, 0.5) is 0 Å². The van der Waals surface area contributed by atoms with Crippen molar-refractivity contribution in [3.05, 3.63) is 12.7 Å². The Bertz CT molecular complexity index is 79.1. The lowest BCUT2D eigenvalue weighted by Gasteiger charge is -1.66. The van der Waals surface area contributed by atoms with E-state index in [1.807, 2.05) is 0 Å². The van der Waals surface area contributed by atoms with Crippen LogP contribution in [0.5, 0.6) is 0 Å². The number of aliphatic carboxylic acids is 1. The van der Waals surface area contributed by atoms with Gasteiger partial charge in [-0.15, -0.1) is 5.28 Å². The van der Waals surface area contributed by atoms with Crippen molar-refractivity contribution in [1.82, 2.24) is 0 Å². The van der Waals surface area contributed by atoms with E-state index in [-0.39, 0.29) is 0 Å². The molecule has 0 aliphatic rings. The molecular formula is C6H13AlO2. The molecule has 0 aliphatic heterocycles. The van der Waals surface area contributed by atoms with Crippen molar-refractivity contribution in [2.24, 2.45) is 0 Å². The van der Waals surface area contributed by atoms with E-state index in [0.29, 0.717) is 0 Å². The molecule has 0 atom stereocenters. The smallest absolute Gasteiger partial charge is 0.327 e. The van der Waals surface area contributed by atoms with Crippen LogP contribution >= 0.6 is 0 Å². The highest BCUT2D eigenvalue weighted by molar-refractivity contribution is 6.08. The van der Waals surface area contributed by atoms with Crippen LogP contribution < -0.4 is 0 Å². The summed E-state index contributed by atoms with van der Waals surface area (Å²) < 4.78 is 0. The normalized spacial score (nSPS) is 6.78. The first-order valence-corrected chi connectivity index (χ1v) is 4.45. The fourth-order valence-electron chi connectivity index (χ4n) is 0. The van der Waals surface area contributed by atoms with E-state index in [1.165, 1.54) is 28.0 Å². The topological polar surface area (TPSA) is 37.3 Å². The van der Waals surface area contributed by atoms with E-state index in [0.717, 1.165) is 6.08 Å². The first-order valence-electron chi connectivity index (χ1n) is 3.04. The molecule has 0 heterocycles. The maximum Gasteiger partial charge on any atom is 0.327 e. The number of carboxylic acid groups (broad SMARTS) is 1. The standard InChI is InChI=1S/C3H4O2.C3H7.Al.2H/c1-2-3(4)5;1-3-2;;;/h2H,1H2,(H,4,5);1,3H2,2H3;;;. The highest BCUT2D eigenvalue weighted by Crippen LogP contribution is 1.73. The average Bonchev–Trinajstić information content (AvgIpc) is 1.89. The quantitative estimate of drug-likeness (QED) is 0.457. The second-order valence-corrected chi connectivity index (χ2v) is 2.54. The number of rotatable bonds is 2. The molecule has 0 aromatic carbocycles. The van der Waals surface area contributed by atoms with Crippen molar-refractivity contribution in [1.29, 1.82) is 0 Å². The molecule has 0 radical (unpaired) electrons. The van der Waals surface area contributed by atoms with E-state index in [1.54, 1.807) is 0 Å². The Labute approximate surface area is 64.0 Å². The fraction of sp³-hybridized carbons (Fsp3) is 0.500. The summed E-state index contributed by atoms with van der Waals surface area (Å²) >= 11 is 1.39. The zero-order chi connectivity index (χ0) is 7.70. The predicted octanol–water partition coefficient (Wildman–Crippen LogP) is 0.705. The van der Waals surface area contributed by atoms with Gasteiger partial charge in [0.2, 0.25) is 16.3 Å². The summed E-state index contributed by atoms with van der Waals surface area (Å²) in [5.41, 5.74) is 0. The number of hydrogen-bond acceptors (Lipinski definition) is 1. The molecular weight excluding hydrogens is 131 g/mol. The number of carbonyl (C=O) groups is 1. The third-order valence-corrected chi connectivity index (χ3v) is 1.67. The Morgan fingerprint density at radius 2 is 2.11 bits per heavy atom. The summed E-state index contributed by atoms with van der Waals surface area (Å²) in [6, 6.07) is 0. The summed E-state index contributed by atoms with van der Waals surface area (Å²) in [5.74, 6) is -0.981. The zero-order valence-electron chi connectivity index (χ0n) is 6.05. The molecule has 0 aliphatic carbocycles. The molecule has 3 heteroatoms. The summed E-state index contributed by atoms with van der Waals surface area (Å²) in [6.07, 6.45) is 2.21. The second kappa shape index (κ2) is 10.7. The Morgan fingerprint density at radius 1 is 1.89 bits per heavy atom. The molecule has 0 spiro atoms. The molecule has 0 saturated heterocycles. The van der Waals surface area contributed by atoms with Crippen molar-refractivity contribution in [3.8, 4) is 0 Å². The van der Waals surface area contributed by atoms with Crippen molar-refractivity contribution in [2.45, 2.75) is 18.6 Å². The van der Waals surface area contributed by atoms with Gasteiger partial charge in [-0.25, -0.2) is 4.79 Å². The van der Waals surface area contributed by atoms with E-state index in [4.69, 9.17) is 5.11 Å². The first-order chi connectivity index (χ1) is 4.18. The van der Waals surface area contributed by atoms with Crippen molar-refractivity contribution in [2.75, 3.05) is 0 Å². The van der Waals surface area contributed by atoms with E-state index < -0.39 is 5.97 Å². The van der Waals surface area contributed by atoms with Gasteiger partial charge < -0.3 is 5.11 Å². The monoisotopic (exact) mass is 144 g/mol. The number of hydrogen-bond donors (Lipinski definition) is 1. The van der Waals surface area contributed by atoms with Crippen LogP contribution in [0.25, 0.3) is 0 Å². The van der Waals surface area contributed by atoms with Gasteiger partial charge in [-0.3, -0.25) is 0 Å². The van der Waals surface area contributed by atoms with Gasteiger partial charge >= 0.3 is 5.97 Å². The van der Waals surface area contributed by atoms with Crippen LogP contribution in [-0.4, -0.2) is 27.4 Å². The Morgan fingerprint density at radius 3 is 2.11 bits per heavy atom. The predicted molar refractivity (Wildman–Crippen MR) is 41.5 cm³/mol. The summed E-state index contributed by atoms with van der Waals surface area (Å²) in [7, 11) is 0. The molecule has 9 heavy (non-hydrogen) atoms. The maximum atomic E-state index is 9.25. The second-order valence-electron chi connectivity index (χ2n) is 1.54. The van der Waals surface area contributed by atoms with E-state index in [2.05, 4.69) is 13.5 Å². The average molecular weight is 144 g/mol. The minimum Gasteiger partial charge on any atom is -0.478 e. The highest BCUT2D eigenvalue weighted by atomic mass is 27.0. The lowest BCUT2D eigenvalue weighted by atomic mass is 10.6. The van der Waals surface area contributed by atoms with Crippen molar-refractivity contribution in [3.63, 3.8) is 0 Å². The van der Waals surface area contributed by atoms with Crippen molar-refractivity contribution < 1.29 is 9.90 Å². The highest BCUT2D eigenvalue weighted by Gasteiger charge is 1.73. The molecule has 2 nitrogen and oxygen atoms in total. The third kappa shape index (κ3) is 33.9. The molecule has 1 N–H and O–H groups in total. The molecule has 0 aromatic rings. The third-order valence-electron chi connectivity index (χ3n) is 0.675. The van der Waals surface area contributed by atoms with Gasteiger partial charge in [0.1, 0.15) is 0 Å². The van der Waals surface area contributed by atoms with Crippen LogP contribution in [-0.2, 0) is 4.79 Å². The van der Waals surface area contributed by atoms with Crippen LogP contribution in [0.3, 0.4) is 0 Å². The lowest BCUT2D eigenvalue weighted by molar-refractivity contribution is -0.131. The minimum atomic E-state index is -0.981. The molecule has 0 saturated carbocycles. The van der Waals surface area contributed by atoms with Gasteiger partial charge in [-0.05, 0) is 0 Å². The molecule has 0 unspecified atom stereocenters. The van der Waals surface area contributed by atoms with Crippen LogP contribution in [0.15, 0.2) is 12.7 Å². The van der Waals surface area contributed by atoms with Gasteiger partial charge in [-0.2, -0.15) is 0 Å². The fourth-order valence-corrected chi connectivity index (χ4v) is 0. The Hall–Kier alpha value is -0.258. The summed E-state index contributed by atoms with van der Waals surface area (Å²) in [6.45, 7) is 5.18. The molecule has 0 fully saturated rings. The summed E-state index contributed by atoms with van der Waals surface area (Å²) in [5, 5.41) is 9.06. The van der Waals surface area contributed by atoms with Gasteiger partial charge in [0.15, 0.2) is 0 Å². The van der Waals surface area contributed by atoms with Gasteiger partial charge in [-0.1, -0.05) is 19.9 Å². The number of carboxylic acids is 1. The largest absolute Gasteiger partial charge is 0.478 e. The molecule has 0 aromatic heterocycles. The Kier molecular flexibility index (Phi) is 13.7. The zero-order valence-corrected chi connectivity index (χ0v) is 8.05.